The SMILES string of the molecule is CC(C)n1nccc1-c1cc(N)cc(Cl)c1. The van der Waals surface area contributed by atoms with E-state index >= 15 is 0 Å². The van der Waals surface area contributed by atoms with E-state index in [4.69, 9.17) is 17.3 Å². The molecule has 0 bridgehead atoms. The smallest absolute Gasteiger partial charge is 0.0686 e. The number of aromatic nitrogens is 2. The molecule has 0 saturated heterocycles. The molecule has 4 heteroatoms. The first-order valence-corrected chi connectivity index (χ1v) is 5.55. The van der Waals surface area contributed by atoms with Gasteiger partial charge in [0.2, 0.25) is 0 Å². The van der Waals surface area contributed by atoms with Crippen LogP contribution in [0.25, 0.3) is 11.3 Å². The molecule has 0 aliphatic heterocycles. The van der Waals surface area contributed by atoms with E-state index < -0.39 is 0 Å². The molecule has 0 saturated carbocycles. The number of nitrogens with two attached hydrogens (primary N) is 1. The molecule has 1 aromatic carbocycles. The van der Waals surface area contributed by atoms with Crippen LogP contribution in [0.4, 0.5) is 5.69 Å². The summed E-state index contributed by atoms with van der Waals surface area (Å²) in [6.45, 7) is 4.18. The van der Waals surface area contributed by atoms with Gasteiger partial charge in [-0.05, 0) is 38.1 Å². The van der Waals surface area contributed by atoms with E-state index in [0.29, 0.717) is 16.8 Å². The molecular formula is C12H14ClN3. The van der Waals surface area contributed by atoms with Gasteiger partial charge in [-0.3, -0.25) is 4.68 Å². The largest absolute Gasteiger partial charge is 0.399 e. The first-order valence-electron chi connectivity index (χ1n) is 5.18. The van der Waals surface area contributed by atoms with E-state index in [0.717, 1.165) is 11.3 Å². The maximum atomic E-state index is 5.99. The zero-order valence-corrected chi connectivity index (χ0v) is 10.1. The topological polar surface area (TPSA) is 43.8 Å². The third-order valence-electron chi connectivity index (χ3n) is 2.38. The number of hydrogen-bond donors (Lipinski definition) is 1. The van der Waals surface area contributed by atoms with Crippen LogP contribution in [-0.4, -0.2) is 9.78 Å². The predicted molar refractivity (Wildman–Crippen MR) is 67.5 cm³/mol. The molecule has 0 spiro atoms. The van der Waals surface area contributed by atoms with Crippen LogP contribution in [-0.2, 0) is 0 Å². The van der Waals surface area contributed by atoms with Crippen molar-refractivity contribution in [1.82, 2.24) is 9.78 Å². The molecule has 1 aromatic heterocycles. The van der Waals surface area contributed by atoms with Gasteiger partial charge in [0.25, 0.3) is 0 Å². The molecule has 2 rings (SSSR count). The first-order chi connectivity index (χ1) is 7.58. The van der Waals surface area contributed by atoms with E-state index in [9.17, 15) is 0 Å². The Morgan fingerprint density at radius 2 is 2.06 bits per heavy atom. The average Bonchev–Trinajstić information content (AvgIpc) is 2.63. The quantitative estimate of drug-likeness (QED) is 0.812. The van der Waals surface area contributed by atoms with E-state index in [1.807, 2.05) is 22.9 Å². The lowest BCUT2D eigenvalue weighted by molar-refractivity contribution is 0.538. The monoisotopic (exact) mass is 235 g/mol. The third kappa shape index (κ3) is 2.04. The van der Waals surface area contributed by atoms with Crippen LogP contribution in [0.1, 0.15) is 19.9 Å². The average molecular weight is 236 g/mol. The Balaban J connectivity index is 2.54. The summed E-state index contributed by atoms with van der Waals surface area (Å²) >= 11 is 5.99. The minimum atomic E-state index is 0.310. The fourth-order valence-electron chi connectivity index (χ4n) is 1.71. The van der Waals surface area contributed by atoms with Gasteiger partial charge in [-0.15, -0.1) is 0 Å². The zero-order chi connectivity index (χ0) is 11.7. The van der Waals surface area contributed by atoms with E-state index in [2.05, 4.69) is 18.9 Å². The van der Waals surface area contributed by atoms with Crippen molar-refractivity contribution in [2.45, 2.75) is 19.9 Å². The van der Waals surface area contributed by atoms with Crippen LogP contribution in [0.3, 0.4) is 0 Å². The van der Waals surface area contributed by atoms with Crippen LogP contribution < -0.4 is 5.73 Å². The number of hydrogen-bond acceptors (Lipinski definition) is 2. The van der Waals surface area contributed by atoms with E-state index in [1.165, 1.54) is 0 Å². The van der Waals surface area contributed by atoms with Crippen molar-refractivity contribution in [3.8, 4) is 11.3 Å². The Bertz CT molecular complexity index is 482. The highest BCUT2D eigenvalue weighted by molar-refractivity contribution is 6.31. The standard InChI is InChI=1S/C12H14ClN3/c1-8(2)16-12(3-4-15-16)9-5-10(13)7-11(14)6-9/h3-8H,14H2,1-2H3. The van der Waals surface area contributed by atoms with Crippen LogP contribution in [0.2, 0.25) is 5.02 Å². The molecule has 84 valence electrons. The second-order valence-electron chi connectivity index (χ2n) is 4.03. The summed E-state index contributed by atoms with van der Waals surface area (Å²) in [5.41, 5.74) is 8.47. The highest BCUT2D eigenvalue weighted by Crippen LogP contribution is 2.27. The number of rotatable bonds is 2. The lowest BCUT2D eigenvalue weighted by atomic mass is 10.1. The first kappa shape index (κ1) is 11.0. The Morgan fingerprint density at radius 3 is 2.69 bits per heavy atom. The number of benzene rings is 1. The summed E-state index contributed by atoms with van der Waals surface area (Å²) in [5, 5.41) is 4.93. The van der Waals surface area contributed by atoms with Gasteiger partial charge in [-0.2, -0.15) is 5.10 Å². The maximum Gasteiger partial charge on any atom is 0.0686 e. The maximum absolute atomic E-state index is 5.99. The third-order valence-corrected chi connectivity index (χ3v) is 2.59. The predicted octanol–water partition coefficient (Wildman–Crippen LogP) is 3.37. The van der Waals surface area contributed by atoms with E-state index in [1.54, 1.807) is 12.3 Å². The highest BCUT2D eigenvalue weighted by Gasteiger charge is 2.09. The minimum absolute atomic E-state index is 0.310. The van der Waals surface area contributed by atoms with Gasteiger partial charge in [0.05, 0.1) is 5.69 Å². The Kier molecular flexibility index (Phi) is 2.88. The Labute approximate surface area is 99.8 Å². The fourth-order valence-corrected chi connectivity index (χ4v) is 1.96. The van der Waals surface area contributed by atoms with Gasteiger partial charge in [-0.1, -0.05) is 11.6 Å². The molecule has 0 unspecified atom stereocenters. The lowest BCUT2D eigenvalue weighted by Crippen LogP contribution is -2.04. The van der Waals surface area contributed by atoms with Crippen molar-refractivity contribution < 1.29 is 0 Å². The van der Waals surface area contributed by atoms with Gasteiger partial charge < -0.3 is 5.73 Å². The summed E-state index contributed by atoms with van der Waals surface area (Å²) in [6.07, 6.45) is 1.78. The summed E-state index contributed by atoms with van der Waals surface area (Å²) in [7, 11) is 0. The van der Waals surface area contributed by atoms with Gasteiger partial charge in [0.15, 0.2) is 0 Å². The fraction of sp³-hybridized carbons (Fsp3) is 0.250. The van der Waals surface area contributed by atoms with Crippen LogP contribution in [0.15, 0.2) is 30.5 Å². The van der Waals surface area contributed by atoms with Gasteiger partial charge in [0.1, 0.15) is 0 Å². The Morgan fingerprint density at radius 1 is 1.31 bits per heavy atom. The van der Waals surface area contributed by atoms with Crippen molar-refractivity contribution in [3.05, 3.63) is 35.5 Å². The summed E-state index contributed by atoms with van der Waals surface area (Å²) in [4.78, 5) is 0. The van der Waals surface area contributed by atoms with Gasteiger partial charge in [0, 0.05) is 28.5 Å². The zero-order valence-electron chi connectivity index (χ0n) is 9.31. The Hall–Kier alpha value is -1.48. The lowest BCUT2D eigenvalue weighted by Gasteiger charge is -2.11. The summed E-state index contributed by atoms with van der Waals surface area (Å²) in [6, 6.07) is 7.81. The van der Waals surface area contributed by atoms with Crippen molar-refractivity contribution in [3.63, 3.8) is 0 Å². The minimum Gasteiger partial charge on any atom is -0.399 e. The second kappa shape index (κ2) is 4.18. The van der Waals surface area contributed by atoms with Crippen molar-refractivity contribution in [2.75, 3.05) is 5.73 Å². The number of anilines is 1. The summed E-state index contributed by atoms with van der Waals surface area (Å²) < 4.78 is 1.95. The number of nitrogen functional groups attached to an aromatic ring is 1. The van der Waals surface area contributed by atoms with Crippen LogP contribution in [0.5, 0.6) is 0 Å². The molecule has 0 aliphatic carbocycles. The normalized spacial score (nSPS) is 11.0. The van der Waals surface area contributed by atoms with Crippen LogP contribution >= 0.6 is 11.6 Å². The molecule has 0 atom stereocenters. The molecular weight excluding hydrogens is 222 g/mol. The second-order valence-corrected chi connectivity index (χ2v) is 4.46. The van der Waals surface area contributed by atoms with Crippen LogP contribution in [0, 0.1) is 0 Å². The molecule has 0 aliphatic rings. The number of halogens is 1. The van der Waals surface area contributed by atoms with E-state index in [-0.39, 0.29) is 0 Å². The van der Waals surface area contributed by atoms with Gasteiger partial charge in [-0.25, -0.2) is 0 Å². The molecule has 0 radical (unpaired) electrons. The van der Waals surface area contributed by atoms with Gasteiger partial charge >= 0.3 is 0 Å². The molecule has 0 fully saturated rings. The van der Waals surface area contributed by atoms with Crippen molar-refractivity contribution >= 4 is 17.3 Å². The highest BCUT2D eigenvalue weighted by atomic mass is 35.5. The van der Waals surface area contributed by atoms with Crippen molar-refractivity contribution in [2.24, 2.45) is 0 Å². The molecule has 2 N–H and O–H groups in total. The molecule has 2 aromatic rings. The number of nitrogens with zero attached hydrogens (tertiary/aromatic N) is 2. The molecule has 3 nitrogen and oxygen atoms in total. The molecule has 16 heavy (non-hydrogen) atoms. The molecule has 0 amide bonds. The molecule has 1 heterocycles. The summed E-state index contributed by atoms with van der Waals surface area (Å²) in [5.74, 6) is 0. The van der Waals surface area contributed by atoms with Crippen molar-refractivity contribution in [1.29, 1.82) is 0 Å².